The predicted octanol–water partition coefficient (Wildman–Crippen LogP) is 3.47. The summed E-state index contributed by atoms with van der Waals surface area (Å²) in [5, 5.41) is 4.40. The highest BCUT2D eigenvalue weighted by Gasteiger charge is 2.20. The molecule has 0 saturated heterocycles. The van der Waals surface area contributed by atoms with Gasteiger partial charge in [0, 0.05) is 17.4 Å². The van der Waals surface area contributed by atoms with Gasteiger partial charge in [-0.25, -0.2) is 17.5 Å². The summed E-state index contributed by atoms with van der Waals surface area (Å²) in [4.78, 5) is -0.439. The number of hydrogen-bond acceptors (Lipinski definition) is 3. The fourth-order valence-corrected chi connectivity index (χ4v) is 3.38. The van der Waals surface area contributed by atoms with Gasteiger partial charge < -0.3 is 0 Å². The zero-order chi connectivity index (χ0) is 16.4. The van der Waals surface area contributed by atoms with Crippen molar-refractivity contribution in [1.29, 1.82) is 0 Å². The topological polar surface area (TPSA) is 64.0 Å². The zero-order valence-electron chi connectivity index (χ0n) is 11.6. The first-order valence-corrected chi connectivity index (χ1v) is 8.40. The van der Waals surface area contributed by atoms with Crippen molar-refractivity contribution in [3.05, 3.63) is 71.8 Å². The molecule has 0 unspecified atom stereocenters. The number of nitrogens with one attached hydrogen (secondary N) is 1. The van der Waals surface area contributed by atoms with E-state index >= 15 is 0 Å². The van der Waals surface area contributed by atoms with Crippen molar-refractivity contribution in [3.63, 3.8) is 0 Å². The lowest BCUT2D eigenvalue weighted by molar-refractivity contribution is 0.570. The van der Waals surface area contributed by atoms with Crippen molar-refractivity contribution in [3.8, 4) is 5.69 Å². The molecule has 118 valence electrons. The molecule has 3 aromatic rings. The molecule has 0 radical (unpaired) electrons. The summed E-state index contributed by atoms with van der Waals surface area (Å²) < 4.78 is 42.5. The van der Waals surface area contributed by atoms with E-state index in [1.807, 2.05) is 0 Å². The molecule has 8 heteroatoms. The highest BCUT2D eigenvalue weighted by Crippen LogP contribution is 2.27. The Morgan fingerprint density at radius 3 is 2.61 bits per heavy atom. The average Bonchev–Trinajstić information content (AvgIpc) is 3.01. The van der Waals surface area contributed by atoms with Crippen molar-refractivity contribution in [2.75, 3.05) is 4.72 Å². The molecule has 5 nitrogen and oxygen atoms in total. The molecular formula is C15H11ClFN3O2S. The molecule has 0 bridgehead atoms. The lowest BCUT2D eigenvalue weighted by Gasteiger charge is -2.13. The van der Waals surface area contributed by atoms with Crippen molar-refractivity contribution in [2.45, 2.75) is 4.90 Å². The second-order valence-corrected chi connectivity index (χ2v) is 6.74. The van der Waals surface area contributed by atoms with Crippen LogP contribution in [0.15, 0.2) is 65.8 Å². The minimum Gasteiger partial charge on any atom is -0.277 e. The first-order valence-electron chi connectivity index (χ1n) is 6.54. The van der Waals surface area contributed by atoms with Crippen LogP contribution in [0.4, 0.5) is 10.1 Å². The molecule has 0 fully saturated rings. The number of aromatic nitrogens is 2. The van der Waals surface area contributed by atoms with Gasteiger partial charge in [0.2, 0.25) is 0 Å². The average molecular weight is 352 g/mol. The molecule has 1 N–H and O–H groups in total. The number of benzene rings is 2. The Hall–Kier alpha value is -2.38. The molecule has 23 heavy (non-hydrogen) atoms. The van der Waals surface area contributed by atoms with E-state index in [-0.39, 0.29) is 5.69 Å². The summed E-state index contributed by atoms with van der Waals surface area (Å²) in [7, 11) is -4.10. The normalized spacial score (nSPS) is 11.4. The summed E-state index contributed by atoms with van der Waals surface area (Å²) in [6.45, 7) is 0. The number of rotatable bonds is 4. The Bertz CT molecular complexity index is 943. The Kier molecular flexibility index (Phi) is 4.06. The molecule has 0 aliphatic heterocycles. The number of anilines is 1. The van der Waals surface area contributed by atoms with Crippen LogP contribution in [0.1, 0.15) is 0 Å². The molecule has 2 aromatic carbocycles. The number of hydrogen-bond donors (Lipinski definition) is 1. The lowest BCUT2D eigenvalue weighted by Crippen LogP contribution is -2.16. The molecule has 1 aromatic heterocycles. The smallest absolute Gasteiger partial charge is 0.264 e. The van der Waals surface area contributed by atoms with Gasteiger partial charge in [-0.3, -0.25) is 4.72 Å². The lowest BCUT2D eigenvalue weighted by atomic mass is 10.3. The minimum absolute atomic E-state index is 0.199. The van der Waals surface area contributed by atoms with E-state index in [2.05, 4.69) is 9.82 Å². The third-order valence-corrected chi connectivity index (χ3v) is 4.71. The number of sulfonamides is 1. The zero-order valence-corrected chi connectivity index (χ0v) is 13.2. The van der Waals surface area contributed by atoms with Gasteiger partial charge in [-0.15, -0.1) is 0 Å². The fourth-order valence-electron chi connectivity index (χ4n) is 2.06. The molecule has 0 atom stereocenters. The monoisotopic (exact) mass is 351 g/mol. The van der Waals surface area contributed by atoms with Gasteiger partial charge >= 0.3 is 0 Å². The van der Waals surface area contributed by atoms with Crippen LogP contribution in [0.3, 0.4) is 0 Å². The maximum Gasteiger partial charge on any atom is 0.264 e. The van der Waals surface area contributed by atoms with Crippen LogP contribution < -0.4 is 4.72 Å². The molecule has 0 aliphatic carbocycles. The van der Waals surface area contributed by atoms with Crippen LogP contribution >= 0.6 is 11.6 Å². The van der Waals surface area contributed by atoms with Crippen molar-refractivity contribution in [2.24, 2.45) is 0 Å². The van der Waals surface area contributed by atoms with Gasteiger partial charge in [-0.1, -0.05) is 23.7 Å². The van der Waals surface area contributed by atoms with Gasteiger partial charge in [0.05, 0.1) is 11.4 Å². The second-order valence-electron chi connectivity index (χ2n) is 4.65. The molecule has 1 heterocycles. The summed E-state index contributed by atoms with van der Waals surface area (Å²) in [6, 6.07) is 11.5. The van der Waals surface area contributed by atoms with Crippen molar-refractivity contribution < 1.29 is 12.8 Å². The van der Waals surface area contributed by atoms with E-state index in [0.29, 0.717) is 10.7 Å². The quantitative estimate of drug-likeness (QED) is 0.782. The molecule has 0 spiro atoms. The molecule has 0 amide bonds. The molecular weight excluding hydrogens is 341 g/mol. The maximum atomic E-state index is 13.8. The van der Waals surface area contributed by atoms with Crippen molar-refractivity contribution >= 4 is 27.3 Å². The molecule has 0 saturated carbocycles. The van der Waals surface area contributed by atoms with Crippen LogP contribution in [-0.2, 0) is 10.0 Å². The first-order chi connectivity index (χ1) is 11.0. The first kappa shape index (κ1) is 15.5. The van der Waals surface area contributed by atoms with Crippen molar-refractivity contribution in [1.82, 2.24) is 9.78 Å². The number of nitrogens with zero attached hydrogens (tertiary/aromatic N) is 2. The van der Waals surface area contributed by atoms with E-state index in [4.69, 9.17) is 11.6 Å². The van der Waals surface area contributed by atoms with Gasteiger partial charge in [0.25, 0.3) is 10.0 Å². The Labute approximate surface area is 137 Å². The largest absolute Gasteiger partial charge is 0.277 e. The van der Waals surface area contributed by atoms with Crippen LogP contribution in [-0.4, -0.2) is 18.2 Å². The van der Waals surface area contributed by atoms with E-state index in [1.165, 1.54) is 28.9 Å². The van der Waals surface area contributed by atoms with Gasteiger partial charge in [0.1, 0.15) is 10.7 Å². The Morgan fingerprint density at radius 2 is 1.91 bits per heavy atom. The second kappa shape index (κ2) is 6.02. The number of halogens is 2. The van der Waals surface area contributed by atoms with Crippen LogP contribution in [0.2, 0.25) is 5.02 Å². The maximum absolute atomic E-state index is 13.8. The highest BCUT2D eigenvalue weighted by atomic mass is 35.5. The van der Waals surface area contributed by atoms with E-state index in [0.717, 1.165) is 6.07 Å². The Morgan fingerprint density at radius 1 is 1.13 bits per heavy atom. The van der Waals surface area contributed by atoms with E-state index < -0.39 is 20.7 Å². The van der Waals surface area contributed by atoms with Gasteiger partial charge in [-0.05, 0) is 36.4 Å². The summed E-state index contributed by atoms with van der Waals surface area (Å²) in [6.07, 6.45) is 3.22. The third kappa shape index (κ3) is 3.20. The fraction of sp³-hybridized carbons (Fsp3) is 0. The third-order valence-electron chi connectivity index (χ3n) is 3.08. The molecule has 0 aliphatic rings. The summed E-state index contributed by atoms with van der Waals surface area (Å²) in [5.74, 6) is -0.831. The van der Waals surface area contributed by atoms with Gasteiger partial charge in [-0.2, -0.15) is 5.10 Å². The Balaban J connectivity index is 2.06. The molecule has 3 rings (SSSR count). The SMILES string of the molecule is O=S(=O)(Nc1cc(Cl)ccc1-n1cccn1)c1ccccc1F. The predicted molar refractivity (Wildman–Crippen MR) is 85.8 cm³/mol. The standard InChI is InChI=1S/C15H11ClFN3O2S/c16-11-6-7-14(20-9-3-8-18-20)13(10-11)19-23(21,22)15-5-2-1-4-12(15)17/h1-10,19H. The van der Waals surface area contributed by atoms with E-state index in [9.17, 15) is 12.8 Å². The summed E-state index contributed by atoms with van der Waals surface area (Å²) in [5.41, 5.74) is 0.670. The van der Waals surface area contributed by atoms with Crippen LogP contribution in [0.5, 0.6) is 0 Å². The van der Waals surface area contributed by atoms with Gasteiger partial charge in [0.15, 0.2) is 0 Å². The van der Waals surface area contributed by atoms with Crippen LogP contribution in [0.25, 0.3) is 5.69 Å². The minimum atomic E-state index is -4.10. The van der Waals surface area contributed by atoms with E-state index in [1.54, 1.807) is 30.6 Å². The summed E-state index contributed by atoms with van der Waals surface area (Å²) >= 11 is 5.95. The highest BCUT2D eigenvalue weighted by molar-refractivity contribution is 7.92. The van der Waals surface area contributed by atoms with Crippen LogP contribution in [0, 0.1) is 5.82 Å².